The number of hydrogen-bond acceptors (Lipinski definition) is 7. The molecule has 0 spiro atoms. The predicted molar refractivity (Wildman–Crippen MR) is 88.4 cm³/mol. The highest BCUT2D eigenvalue weighted by molar-refractivity contribution is 5.38. The van der Waals surface area contributed by atoms with Crippen molar-refractivity contribution in [1.29, 1.82) is 0 Å². The van der Waals surface area contributed by atoms with E-state index in [9.17, 15) is 0 Å². The van der Waals surface area contributed by atoms with Gasteiger partial charge in [0.1, 0.15) is 5.75 Å². The lowest BCUT2D eigenvalue weighted by atomic mass is 9.78. The second-order valence-electron chi connectivity index (χ2n) is 6.44. The Morgan fingerprint density at radius 1 is 1.08 bits per heavy atom. The van der Waals surface area contributed by atoms with Gasteiger partial charge < -0.3 is 13.8 Å². The molecule has 1 aromatic carbocycles. The normalized spacial score (nSPS) is 16.2. The van der Waals surface area contributed by atoms with Gasteiger partial charge in [0.2, 0.25) is 11.8 Å². The number of aryl methyl sites for hydroxylation is 1. The van der Waals surface area contributed by atoms with Crippen LogP contribution in [0.1, 0.15) is 54.7 Å². The second kappa shape index (κ2) is 6.31. The minimum atomic E-state index is -0.243. The van der Waals surface area contributed by atoms with E-state index in [0.717, 1.165) is 37.0 Å². The van der Waals surface area contributed by atoms with Crippen LogP contribution in [0.5, 0.6) is 5.75 Å². The fourth-order valence-electron chi connectivity index (χ4n) is 3.60. The van der Waals surface area contributed by atoms with E-state index in [2.05, 4.69) is 32.4 Å². The number of rotatable bonds is 5. The van der Waals surface area contributed by atoms with E-state index >= 15 is 0 Å². The van der Waals surface area contributed by atoms with Crippen LogP contribution in [0.15, 0.2) is 33.3 Å². The van der Waals surface area contributed by atoms with Crippen molar-refractivity contribution in [1.82, 2.24) is 20.3 Å². The molecule has 2 aromatic heterocycles. The molecule has 25 heavy (non-hydrogen) atoms. The largest absolute Gasteiger partial charge is 0.497 e. The van der Waals surface area contributed by atoms with E-state index in [1.807, 2.05) is 12.1 Å². The molecule has 1 aliphatic rings. The Morgan fingerprint density at radius 3 is 2.56 bits per heavy atom. The molecule has 0 saturated heterocycles. The van der Waals surface area contributed by atoms with E-state index in [0.29, 0.717) is 29.9 Å². The summed E-state index contributed by atoms with van der Waals surface area (Å²) in [4.78, 5) is 8.86. The highest BCUT2D eigenvalue weighted by Gasteiger charge is 2.42. The topological polar surface area (TPSA) is 87.1 Å². The Morgan fingerprint density at radius 2 is 1.84 bits per heavy atom. The lowest BCUT2D eigenvalue weighted by Gasteiger charge is -2.25. The van der Waals surface area contributed by atoms with E-state index in [-0.39, 0.29) is 5.41 Å². The molecule has 0 aliphatic heterocycles. The summed E-state index contributed by atoms with van der Waals surface area (Å²) < 4.78 is 16.1. The SMILES string of the molecule is COc1cccc(C2(c3nc(Cc4noc(C)n4)no3)CCCC2)c1. The Kier molecular flexibility index (Phi) is 3.99. The first-order chi connectivity index (χ1) is 12.2. The molecule has 7 heteroatoms. The summed E-state index contributed by atoms with van der Waals surface area (Å²) in [5.74, 6) is 3.17. The molecule has 0 N–H and O–H groups in total. The molecule has 1 fully saturated rings. The van der Waals surface area contributed by atoms with Crippen LogP contribution >= 0.6 is 0 Å². The van der Waals surface area contributed by atoms with Crippen LogP contribution < -0.4 is 4.74 Å². The first-order valence-electron chi connectivity index (χ1n) is 8.46. The summed E-state index contributed by atoms with van der Waals surface area (Å²) in [6, 6.07) is 8.13. The quantitative estimate of drug-likeness (QED) is 0.704. The maximum Gasteiger partial charge on any atom is 0.237 e. The van der Waals surface area contributed by atoms with Crippen LogP contribution in [0.4, 0.5) is 0 Å². The summed E-state index contributed by atoms with van der Waals surface area (Å²) >= 11 is 0. The number of ether oxygens (including phenoxy) is 1. The van der Waals surface area contributed by atoms with Crippen molar-refractivity contribution in [2.45, 2.75) is 44.4 Å². The Balaban J connectivity index is 1.67. The molecular weight excluding hydrogens is 320 g/mol. The number of nitrogens with zero attached hydrogens (tertiary/aromatic N) is 4. The molecule has 0 unspecified atom stereocenters. The van der Waals surface area contributed by atoms with Crippen molar-refractivity contribution in [2.24, 2.45) is 0 Å². The molecule has 1 aliphatic carbocycles. The van der Waals surface area contributed by atoms with Gasteiger partial charge in [0.15, 0.2) is 11.6 Å². The summed E-state index contributed by atoms with van der Waals surface area (Å²) in [6.07, 6.45) is 4.65. The zero-order chi connectivity index (χ0) is 17.3. The maximum absolute atomic E-state index is 5.67. The van der Waals surface area contributed by atoms with Crippen LogP contribution in [0.25, 0.3) is 0 Å². The van der Waals surface area contributed by atoms with Gasteiger partial charge in [0.05, 0.1) is 18.9 Å². The molecule has 0 atom stereocenters. The van der Waals surface area contributed by atoms with E-state index < -0.39 is 0 Å². The van der Waals surface area contributed by atoms with Crippen molar-refractivity contribution >= 4 is 0 Å². The van der Waals surface area contributed by atoms with E-state index in [1.165, 1.54) is 0 Å². The predicted octanol–water partition coefficient (Wildman–Crippen LogP) is 3.22. The third-order valence-electron chi connectivity index (χ3n) is 4.84. The van der Waals surface area contributed by atoms with Gasteiger partial charge >= 0.3 is 0 Å². The molecule has 0 amide bonds. The van der Waals surface area contributed by atoms with Crippen LogP contribution in [-0.4, -0.2) is 27.4 Å². The van der Waals surface area contributed by atoms with Crippen LogP contribution in [0.2, 0.25) is 0 Å². The van der Waals surface area contributed by atoms with Gasteiger partial charge in [0, 0.05) is 6.92 Å². The molecule has 2 heterocycles. The van der Waals surface area contributed by atoms with Gasteiger partial charge in [-0.05, 0) is 30.5 Å². The Hall–Kier alpha value is -2.70. The average molecular weight is 340 g/mol. The van der Waals surface area contributed by atoms with Crippen molar-refractivity contribution in [2.75, 3.05) is 7.11 Å². The third-order valence-corrected chi connectivity index (χ3v) is 4.84. The minimum Gasteiger partial charge on any atom is -0.497 e. The van der Waals surface area contributed by atoms with E-state index in [1.54, 1.807) is 14.0 Å². The van der Waals surface area contributed by atoms with Gasteiger partial charge in [-0.1, -0.05) is 35.3 Å². The highest BCUT2D eigenvalue weighted by Crippen LogP contribution is 2.46. The smallest absolute Gasteiger partial charge is 0.237 e. The van der Waals surface area contributed by atoms with Crippen molar-refractivity contribution in [3.05, 3.63) is 53.3 Å². The first kappa shape index (κ1) is 15.8. The number of hydrogen-bond donors (Lipinski definition) is 0. The number of benzene rings is 1. The summed E-state index contributed by atoms with van der Waals surface area (Å²) in [7, 11) is 1.68. The molecule has 3 aromatic rings. The number of aromatic nitrogens is 4. The van der Waals surface area contributed by atoms with Gasteiger partial charge in [-0.25, -0.2) is 0 Å². The van der Waals surface area contributed by atoms with Crippen molar-refractivity contribution < 1.29 is 13.8 Å². The monoisotopic (exact) mass is 340 g/mol. The van der Waals surface area contributed by atoms with Gasteiger partial charge in [0.25, 0.3) is 0 Å². The fraction of sp³-hybridized carbons (Fsp3) is 0.444. The van der Waals surface area contributed by atoms with Crippen LogP contribution in [-0.2, 0) is 11.8 Å². The molecule has 1 saturated carbocycles. The molecule has 4 rings (SSSR count). The molecule has 7 nitrogen and oxygen atoms in total. The Bertz CT molecular complexity index is 865. The standard InChI is InChI=1S/C18H20N4O3/c1-12-19-15(21-24-12)11-16-20-17(25-22-16)18(8-3-4-9-18)13-6-5-7-14(10-13)23-2/h5-7,10H,3-4,8-9,11H2,1-2H3. The first-order valence-corrected chi connectivity index (χ1v) is 8.46. The summed E-state index contributed by atoms with van der Waals surface area (Å²) in [6.45, 7) is 1.76. The Labute approximate surface area is 145 Å². The molecule has 130 valence electrons. The van der Waals surface area contributed by atoms with Crippen molar-refractivity contribution in [3.8, 4) is 5.75 Å². The van der Waals surface area contributed by atoms with E-state index in [4.69, 9.17) is 13.8 Å². The van der Waals surface area contributed by atoms with Gasteiger partial charge in [-0.15, -0.1) is 0 Å². The highest BCUT2D eigenvalue weighted by atomic mass is 16.5. The maximum atomic E-state index is 5.67. The fourth-order valence-corrected chi connectivity index (χ4v) is 3.60. The molecule has 0 bridgehead atoms. The zero-order valence-corrected chi connectivity index (χ0v) is 14.4. The summed E-state index contributed by atoms with van der Waals surface area (Å²) in [5.41, 5.74) is 0.919. The second-order valence-corrected chi connectivity index (χ2v) is 6.44. The lowest BCUT2D eigenvalue weighted by Crippen LogP contribution is -2.24. The zero-order valence-electron chi connectivity index (χ0n) is 14.4. The van der Waals surface area contributed by atoms with Gasteiger partial charge in [-0.3, -0.25) is 0 Å². The van der Waals surface area contributed by atoms with Gasteiger partial charge in [-0.2, -0.15) is 9.97 Å². The van der Waals surface area contributed by atoms with Crippen LogP contribution in [0.3, 0.4) is 0 Å². The summed E-state index contributed by atoms with van der Waals surface area (Å²) in [5, 5.41) is 8.03. The molecule has 0 radical (unpaired) electrons. The number of methoxy groups -OCH3 is 1. The average Bonchev–Trinajstić information content (AvgIpc) is 3.37. The molecular formula is C18H20N4O3. The minimum absolute atomic E-state index is 0.243. The van der Waals surface area contributed by atoms with Crippen LogP contribution in [0, 0.1) is 6.92 Å². The lowest BCUT2D eigenvalue weighted by molar-refractivity contribution is 0.308. The van der Waals surface area contributed by atoms with Crippen molar-refractivity contribution in [3.63, 3.8) is 0 Å². The third kappa shape index (κ3) is 2.90.